The first-order valence-corrected chi connectivity index (χ1v) is 12.3. The van der Waals surface area contributed by atoms with Gasteiger partial charge in [-0.2, -0.15) is 0 Å². The van der Waals surface area contributed by atoms with E-state index in [1.807, 2.05) is 44.4 Å². The molecule has 1 saturated heterocycles. The van der Waals surface area contributed by atoms with Gasteiger partial charge in [0.05, 0.1) is 24.5 Å². The molecule has 2 atom stereocenters. The summed E-state index contributed by atoms with van der Waals surface area (Å²) < 4.78 is 6.98. The lowest BCUT2D eigenvalue weighted by atomic mass is 9.86. The smallest absolute Gasteiger partial charge is 0.256 e. The molecule has 0 unspecified atom stereocenters. The normalized spacial score (nSPS) is 18.6. The molecular weight excluding hydrogens is 470 g/mol. The first-order valence-electron chi connectivity index (χ1n) is 12.3. The monoisotopic (exact) mass is 503 g/mol. The molecule has 0 aliphatic carbocycles. The summed E-state index contributed by atoms with van der Waals surface area (Å²) in [5.41, 5.74) is 9.15. The quantitative estimate of drug-likeness (QED) is 0.351. The van der Waals surface area contributed by atoms with Gasteiger partial charge in [0, 0.05) is 61.6 Å². The topological polar surface area (TPSA) is 130 Å². The van der Waals surface area contributed by atoms with Crippen LogP contribution in [0.3, 0.4) is 0 Å². The third-order valence-corrected chi connectivity index (χ3v) is 7.48. The third kappa shape index (κ3) is 4.30. The van der Waals surface area contributed by atoms with Crippen LogP contribution >= 0.6 is 0 Å². The Labute approximate surface area is 215 Å². The van der Waals surface area contributed by atoms with Crippen molar-refractivity contribution in [3.8, 4) is 17.1 Å². The van der Waals surface area contributed by atoms with E-state index in [9.17, 15) is 4.79 Å². The number of aromatic nitrogens is 5. The Kier molecular flexibility index (Phi) is 6.34. The summed E-state index contributed by atoms with van der Waals surface area (Å²) in [6.07, 6.45) is 5.42. The Morgan fingerprint density at radius 2 is 2.08 bits per heavy atom. The zero-order valence-electron chi connectivity index (χ0n) is 21.8. The van der Waals surface area contributed by atoms with Gasteiger partial charge in [0.15, 0.2) is 0 Å². The molecule has 0 saturated carbocycles. The number of carbonyl (C=O) groups excluding carboxylic acids is 1. The maximum Gasteiger partial charge on any atom is 0.256 e. The highest BCUT2D eigenvalue weighted by Gasteiger charge is 2.43. The molecule has 37 heavy (non-hydrogen) atoms. The Bertz CT molecular complexity index is 1450. The number of para-hydroxylation sites is 1. The SMILES string of the molecule is COc1nn(C)cc1Nc1nccc(-c2c[nH]c3c([C@](C)(C(N)=O)N4CCN(C)[C@@H](C)C4)cccc23)n1. The van der Waals surface area contributed by atoms with Crippen LogP contribution in [0.4, 0.5) is 11.6 Å². The zero-order valence-corrected chi connectivity index (χ0v) is 21.8. The van der Waals surface area contributed by atoms with Crippen LogP contribution < -0.4 is 15.8 Å². The van der Waals surface area contributed by atoms with E-state index in [4.69, 9.17) is 15.5 Å². The van der Waals surface area contributed by atoms with Gasteiger partial charge in [-0.05, 0) is 27.0 Å². The molecule has 1 aromatic carbocycles. The first-order chi connectivity index (χ1) is 17.7. The minimum absolute atomic E-state index is 0.316. The van der Waals surface area contributed by atoms with E-state index in [0.717, 1.165) is 47.4 Å². The van der Waals surface area contributed by atoms with Gasteiger partial charge in [-0.3, -0.25) is 14.4 Å². The number of piperazine rings is 1. The van der Waals surface area contributed by atoms with E-state index >= 15 is 0 Å². The van der Waals surface area contributed by atoms with E-state index in [2.05, 4.69) is 44.2 Å². The number of fused-ring (bicyclic) bond motifs is 1. The number of aromatic amines is 1. The minimum Gasteiger partial charge on any atom is -0.478 e. The molecule has 0 bridgehead atoms. The van der Waals surface area contributed by atoms with Crippen molar-refractivity contribution < 1.29 is 9.53 Å². The fourth-order valence-electron chi connectivity index (χ4n) is 5.08. The van der Waals surface area contributed by atoms with Crippen molar-refractivity contribution in [2.75, 3.05) is 39.1 Å². The number of nitrogens with one attached hydrogen (secondary N) is 2. The number of hydrogen-bond acceptors (Lipinski definition) is 8. The van der Waals surface area contributed by atoms with Crippen LogP contribution in [0.5, 0.6) is 5.88 Å². The number of nitrogens with two attached hydrogens (primary N) is 1. The largest absolute Gasteiger partial charge is 0.478 e. The summed E-state index contributed by atoms with van der Waals surface area (Å²) in [4.78, 5) is 30.0. The number of amides is 1. The number of H-pyrrole nitrogens is 1. The number of aryl methyl sites for hydroxylation is 1. The molecule has 4 N–H and O–H groups in total. The van der Waals surface area contributed by atoms with E-state index in [0.29, 0.717) is 23.6 Å². The van der Waals surface area contributed by atoms with Gasteiger partial charge in [-0.1, -0.05) is 18.2 Å². The van der Waals surface area contributed by atoms with Crippen LogP contribution in [0, 0.1) is 0 Å². The highest BCUT2D eigenvalue weighted by atomic mass is 16.5. The van der Waals surface area contributed by atoms with Gasteiger partial charge in [-0.25, -0.2) is 9.97 Å². The Morgan fingerprint density at radius 1 is 1.27 bits per heavy atom. The summed E-state index contributed by atoms with van der Waals surface area (Å²) in [5.74, 6) is 0.506. The molecule has 11 heteroatoms. The summed E-state index contributed by atoms with van der Waals surface area (Å²) in [5, 5.41) is 8.40. The lowest BCUT2D eigenvalue weighted by Gasteiger charge is -2.46. The first kappa shape index (κ1) is 24.7. The molecule has 0 radical (unpaired) electrons. The fourth-order valence-corrected chi connectivity index (χ4v) is 5.08. The van der Waals surface area contributed by atoms with Crippen molar-refractivity contribution in [3.63, 3.8) is 0 Å². The molecule has 0 spiro atoms. The number of methoxy groups -OCH3 is 1. The van der Waals surface area contributed by atoms with Crippen molar-refractivity contribution in [2.45, 2.75) is 25.4 Å². The number of benzene rings is 1. The van der Waals surface area contributed by atoms with Gasteiger partial charge in [0.1, 0.15) is 11.2 Å². The average Bonchev–Trinajstić information content (AvgIpc) is 3.48. The van der Waals surface area contributed by atoms with Crippen molar-refractivity contribution in [2.24, 2.45) is 12.8 Å². The second-order valence-electron chi connectivity index (χ2n) is 9.76. The van der Waals surface area contributed by atoms with Crippen LogP contribution in [0.1, 0.15) is 19.4 Å². The van der Waals surface area contributed by atoms with Gasteiger partial charge >= 0.3 is 0 Å². The zero-order chi connectivity index (χ0) is 26.3. The molecule has 4 aromatic rings. The summed E-state index contributed by atoms with van der Waals surface area (Å²) in [6, 6.07) is 8.15. The lowest BCUT2D eigenvalue weighted by molar-refractivity contribution is -0.132. The van der Waals surface area contributed by atoms with Crippen LogP contribution in [-0.2, 0) is 17.4 Å². The van der Waals surface area contributed by atoms with Crippen LogP contribution in [0.2, 0.25) is 0 Å². The number of rotatable bonds is 7. The second-order valence-corrected chi connectivity index (χ2v) is 9.76. The highest BCUT2D eigenvalue weighted by molar-refractivity contribution is 6.00. The maximum atomic E-state index is 13.0. The Balaban J connectivity index is 1.53. The summed E-state index contributed by atoms with van der Waals surface area (Å²) in [7, 11) is 5.49. The molecular formula is C26H33N9O2. The van der Waals surface area contributed by atoms with E-state index in [-0.39, 0.29) is 5.91 Å². The molecule has 194 valence electrons. The van der Waals surface area contributed by atoms with Gasteiger partial charge in [-0.15, -0.1) is 5.10 Å². The number of ether oxygens (including phenoxy) is 1. The van der Waals surface area contributed by atoms with E-state index in [1.54, 1.807) is 24.2 Å². The molecule has 5 rings (SSSR count). The molecule has 4 heterocycles. The Hall–Kier alpha value is -3.96. The predicted octanol–water partition coefficient (Wildman–Crippen LogP) is 2.45. The molecule has 1 fully saturated rings. The van der Waals surface area contributed by atoms with Crippen LogP contribution in [0.25, 0.3) is 22.2 Å². The van der Waals surface area contributed by atoms with Gasteiger partial charge in [0.2, 0.25) is 11.9 Å². The van der Waals surface area contributed by atoms with Crippen molar-refractivity contribution >= 4 is 28.4 Å². The maximum absolute atomic E-state index is 13.0. The van der Waals surface area contributed by atoms with Crippen LogP contribution in [-0.4, -0.2) is 80.3 Å². The summed E-state index contributed by atoms with van der Waals surface area (Å²) in [6.45, 7) is 6.47. The number of anilines is 2. The average molecular weight is 504 g/mol. The van der Waals surface area contributed by atoms with Crippen molar-refractivity contribution in [1.82, 2.24) is 34.5 Å². The molecule has 1 amide bonds. The third-order valence-electron chi connectivity index (χ3n) is 7.48. The Morgan fingerprint density at radius 3 is 2.81 bits per heavy atom. The molecule has 11 nitrogen and oxygen atoms in total. The fraction of sp³-hybridized carbons (Fsp3) is 0.385. The predicted molar refractivity (Wildman–Crippen MR) is 143 cm³/mol. The van der Waals surface area contributed by atoms with E-state index < -0.39 is 5.54 Å². The number of likely N-dealkylation sites (N-methyl/N-ethyl adjacent to an activating group) is 1. The van der Waals surface area contributed by atoms with Crippen molar-refractivity contribution in [3.05, 3.63) is 48.4 Å². The van der Waals surface area contributed by atoms with Crippen LogP contribution in [0.15, 0.2) is 42.9 Å². The van der Waals surface area contributed by atoms with Gasteiger partial charge < -0.3 is 25.7 Å². The summed E-state index contributed by atoms with van der Waals surface area (Å²) >= 11 is 0. The highest BCUT2D eigenvalue weighted by Crippen LogP contribution is 2.38. The minimum atomic E-state index is -0.966. The lowest BCUT2D eigenvalue weighted by Crippen LogP contribution is -2.61. The molecule has 1 aliphatic rings. The van der Waals surface area contributed by atoms with Gasteiger partial charge in [0.25, 0.3) is 5.88 Å². The second kappa shape index (κ2) is 9.49. The van der Waals surface area contributed by atoms with Crippen molar-refractivity contribution in [1.29, 1.82) is 0 Å². The van der Waals surface area contributed by atoms with E-state index in [1.165, 1.54) is 0 Å². The molecule has 3 aromatic heterocycles. The number of hydrogen-bond donors (Lipinski definition) is 3. The number of nitrogens with zero attached hydrogens (tertiary/aromatic N) is 6. The number of carbonyl (C=O) groups is 1. The number of primary amides is 1. The molecule has 1 aliphatic heterocycles. The standard InChI is InChI=1S/C26H33N9O2/c1-16-14-35(12-11-33(16)3)26(2,24(27)36)19-8-6-7-17-18(13-29-22(17)19)20-9-10-28-25(30-20)31-21-15-34(4)32-23(21)37-5/h6-10,13,15-16,29H,11-12,14H2,1-5H3,(H2,27,36)(H,28,30,31)/t16-,26+/m0/s1.